The Hall–Kier alpha value is -1.40. The third-order valence-corrected chi connectivity index (χ3v) is 4.80. The summed E-state index contributed by atoms with van der Waals surface area (Å²) in [6, 6.07) is 0.706. The number of allylic oxidation sites excluding steroid dienone is 2. The highest BCUT2D eigenvalue weighted by molar-refractivity contribution is 5.84. The Kier molecular flexibility index (Phi) is 7.44. The number of esters is 2. The average molecular weight is 352 g/mol. The van der Waals surface area contributed by atoms with Gasteiger partial charge in [-0.25, -0.2) is 0 Å². The van der Waals surface area contributed by atoms with Gasteiger partial charge in [-0.1, -0.05) is 39.8 Å². The first-order valence-electron chi connectivity index (χ1n) is 9.38. The molecule has 1 fully saturated rings. The molecule has 6 heteroatoms. The summed E-state index contributed by atoms with van der Waals surface area (Å²) in [6.07, 6.45) is 4.94. The van der Waals surface area contributed by atoms with Crippen molar-refractivity contribution in [3.63, 3.8) is 0 Å². The highest BCUT2D eigenvalue weighted by Gasteiger charge is 2.53. The molecular weight excluding hydrogens is 320 g/mol. The van der Waals surface area contributed by atoms with Crippen molar-refractivity contribution in [3.05, 3.63) is 12.2 Å². The zero-order chi connectivity index (χ0) is 18.4. The molecule has 1 saturated carbocycles. The molecule has 0 aromatic carbocycles. The van der Waals surface area contributed by atoms with Crippen molar-refractivity contribution in [1.29, 1.82) is 0 Å². The Morgan fingerprint density at radius 1 is 0.880 bits per heavy atom. The maximum Gasteiger partial charge on any atom is 0.310 e. The molecule has 2 aliphatic carbocycles. The fourth-order valence-electron chi connectivity index (χ4n) is 3.66. The summed E-state index contributed by atoms with van der Waals surface area (Å²) < 4.78 is 10.8. The van der Waals surface area contributed by atoms with E-state index >= 15 is 0 Å². The van der Waals surface area contributed by atoms with Crippen molar-refractivity contribution in [2.75, 3.05) is 26.3 Å². The van der Waals surface area contributed by atoms with Gasteiger partial charge >= 0.3 is 11.9 Å². The number of hydrogen-bond donors (Lipinski definition) is 2. The second-order valence-electron chi connectivity index (χ2n) is 7.55. The van der Waals surface area contributed by atoms with E-state index in [0.29, 0.717) is 38.4 Å². The van der Waals surface area contributed by atoms with E-state index in [1.165, 1.54) is 0 Å². The first-order chi connectivity index (χ1) is 11.9. The van der Waals surface area contributed by atoms with Crippen molar-refractivity contribution in [1.82, 2.24) is 10.6 Å². The average Bonchev–Trinajstić information content (AvgIpc) is 3.15. The molecule has 0 amide bonds. The number of nitrogens with one attached hydrogen (secondary N) is 2. The molecule has 0 heterocycles. The van der Waals surface area contributed by atoms with Gasteiger partial charge in [-0.15, -0.1) is 0 Å². The molecular formula is C19H32N2O4. The van der Waals surface area contributed by atoms with Crippen LogP contribution in [0.3, 0.4) is 0 Å². The summed E-state index contributed by atoms with van der Waals surface area (Å²) in [6.45, 7) is 10.1. The second kappa shape index (κ2) is 9.34. The van der Waals surface area contributed by atoms with Crippen molar-refractivity contribution in [2.45, 2.75) is 46.2 Å². The van der Waals surface area contributed by atoms with Gasteiger partial charge in [0.2, 0.25) is 0 Å². The lowest BCUT2D eigenvalue weighted by Crippen LogP contribution is -2.37. The SMILES string of the molecule is CC(C)NCCOC(=O)C1C2C=CC(C2)C1C(=O)OCCNC(C)C. The van der Waals surface area contributed by atoms with E-state index < -0.39 is 11.8 Å². The number of carbonyl (C=O) groups is 2. The van der Waals surface area contributed by atoms with Crippen LogP contribution >= 0.6 is 0 Å². The van der Waals surface area contributed by atoms with Gasteiger partial charge < -0.3 is 20.1 Å². The minimum absolute atomic E-state index is 0.0990. The van der Waals surface area contributed by atoms with E-state index in [2.05, 4.69) is 10.6 Å². The maximum atomic E-state index is 12.5. The molecule has 2 bridgehead atoms. The topological polar surface area (TPSA) is 76.7 Å². The Balaban J connectivity index is 1.84. The van der Waals surface area contributed by atoms with E-state index in [1.54, 1.807) is 0 Å². The molecule has 142 valence electrons. The molecule has 25 heavy (non-hydrogen) atoms. The first kappa shape index (κ1) is 19.9. The van der Waals surface area contributed by atoms with Gasteiger partial charge in [0.25, 0.3) is 0 Å². The van der Waals surface area contributed by atoms with Gasteiger partial charge in [0.1, 0.15) is 13.2 Å². The van der Waals surface area contributed by atoms with Gasteiger partial charge in [0.15, 0.2) is 0 Å². The van der Waals surface area contributed by atoms with E-state index in [0.717, 1.165) is 6.42 Å². The van der Waals surface area contributed by atoms with Crippen LogP contribution < -0.4 is 10.6 Å². The lowest BCUT2D eigenvalue weighted by atomic mass is 9.83. The predicted molar refractivity (Wildman–Crippen MR) is 95.9 cm³/mol. The smallest absolute Gasteiger partial charge is 0.310 e. The maximum absolute atomic E-state index is 12.5. The zero-order valence-electron chi connectivity index (χ0n) is 15.8. The van der Waals surface area contributed by atoms with E-state index in [1.807, 2.05) is 39.8 Å². The monoisotopic (exact) mass is 352 g/mol. The van der Waals surface area contributed by atoms with Crippen molar-refractivity contribution >= 4 is 11.9 Å². The molecule has 2 N–H and O–H groups in total. The van der Waals surface area contributed by atoms with Crippen LogP contribution in [0, 0.1) is 23.7 Å². The van der Waals surface area contributed by atoms with Gasteiger partial charge in [-0.05, 0) is 18.3 Å². The van der Waals surface area contributed by atoms with Gasteiger partial charge in [-0.2, -0.15) is 0 Å². The lowest BCUT2D eigenvalue weighted by molar-refractivity contribution is -0.161. The Bertz CT molecular complexity index is 448. The molecule has 4 unspecified atom stereocenters. The fraction of sp³-hybridized carbons (Fsp3) is 0.789. The van der Waals surface area contributed by atoms with Crippen molar-refractivity contribution < 1.29 is 19.1 Å². The Morgan fingerprint density at radius 3 is 1.64 bits per heavy atom. The summed E-state index contributed by atoms with van der Waals surface area (Å²) in [4.78, 5) is 25.0. The Morgan fingerprint density at radius 2 is 1.28 bits per heavy atom. The van der Waals surface area contributed by atoms with E-state index in [9.17, 15) is 9.59 Å². The number of ether oxygens (including phenoxy) is 2. The van der Waals surface area contributed by atoms with Crippen LogP contribution in [0.5, 0.6) is 0 Å². The standard InChI is InChI=1S/C19H32N2O4/c1-12(2)20-7-9-24-18(22)16-14-5-6-15(11-14)17(16)19(23)25-10-8-21-13(3)4/h5-6,12-17,20-21H,7-11H2,1-4H3. The summed E-state index contributed by atoms with van der Waals surface area (Å²) in [5.74, 6) is -1.16. The van der Waals surface area contributed by atoms with Crippen LogP contribution in [0.4, 0.5) is 0 Å². The third kappa shape index (κ3) is 5.54. The number of rotatable bonds is 10. The molecule has 0 spiro atoms. The fourth-order valence-corrected chi connectivity index (χ4v) is 3.66. The van der Waals surface area contributed by atoms with Crippen molar-refractivity contribution in [3.8, 4) is 0 Å². The van der Waals surface area contributed by atoms with Gasteiger partial charge in [0.05, 0.1) is 11.8 Å². The lowest BCUT2D eigenvalue weighted by Gasteiger charge is -2.25. The van der Waals surface area contributed by atoms with Crippen LogP contribution in [-0.2, 0) is 19.1 Å². The molecule has 0 aromatic heterocycles. The van der Waals surface area contributed by atoms with Crippen LogP contribution in [0.2, 0.25) is 0 Å². The first-order valence-corrected chi connectivity index (χ1v) is 9.38. The zero-order valence-corrected chi connectivity index (χ0v) is 15.8. The molecule has 2 aliphatic rings. The van der Waals surface area contributed by atoms with Crippen molar-refractivity contribution in [2.24, 2.45) is 23.7 Å². The molecule has 2 rings (SSSR count). The summed E-state index contributed by atoms with van der Waals surface area (Å²) >= 11 is 0. The normalized spacial score (nSPS) is 27.3. The highest BCUT2D eigenvalue weighted by atomic mass is 16.5. The quantitative estimate of drug-likeness (QED) is 0.353. The minimum atomic E-state index is -0.403. The molecule has 0 radical (unpaired) electrons. The molecule has 0 aliphatic heterocycles. The Labute approximate surface area is 150 Å². The second-order valence-corrected chi connectivity index (χ2v) is 7.55. The van der Waals surface area contributed by atoms with Crippen LogP contribution in [0.1, 0.15) is 34.1 Å². The van der Waals surface area contributed by atoms with E-state index in [-0.39, 0.29) is 23.8 Å². The molecule has 0 aromatic rings. The van der Waals surface area contributed by atoms with Crippen LogP contribution in [0.15, 0.2) is 12.2 Å². The van der Waals surface area contributed by atoms with Crippen LogP contribution in [0.25, 0.3) is 0 Å². The third-order valence-electron chi connectivity index (χ3n) is 4.80. The molecule has 4 atom stereocenters. The highest BCUT2D eigenvalue weighted by Crippen LogP contribution is 2.48. The van der Waals surface area contributed by atoms with Gasteiger partial charge in [-0.3, -0.25) is 9.59 Å². The van der Waals surface area contributed by atoms with E-state index in [4.69, 9.17) is 9.47 Å². The summed E-state index contributed by atoms with van der Waals surface area (Å²) in [5, 5.41) is 6.43. The number of carbonyl (C=O) groups excluding carboxylic acids is 2. The number of hydrogen-bond acceptors (Lipinski definition) is 6. The van der Waals surface area contributed by atoms with Gasteiger partial charge in [0, 0.05) is 25.2 Å². The minimum Gasteiger partial charge on any atom is -0.464 e. The van der Waals surface area contributed by atoms with Crippen LogP contribution in [-0.4, -0.2) is 50.3 Å². The largest absolute Gasteiger partial charge is 0.464 e. The summed E-state index contributed by atoms with van der Waals surface area (Å²) in [5.41, 5.74) is 0. The molecule has 0 saturated heterocycles. The predicted octanol–water partition coefficient (Wildman–Crippen LogP) is 1.51. The number of fused-ring (bicyclic) bond motifs is 2. The molecule has 6 nitrogen and oxygen atoms in total. The summed E-state index contributed by atoms with van der Waals surface area (Å²) in [7, 11) is 0.